The third-order valence-electron chi connectivity index (χ3n) is 4.40. The highest BCUT2D eigenvalue weighted by atomic mass is 16.6. The van der Waals surface area contributed by atoms with Gasteiger partial charge in [0.05, 0.1) is 22.7 Å². The van der Waals surface area contributed by atoms with Crippen LogP contribution in [0.15, 0.2) is 59.6 Å². The molecule has 2 aliphatic heterocycles. The summed E-state index contributed by atoms with van der Waals surface area (Å²) in [5.74, 6) is 0. The van der Waals surface area contributed by atoms with Gasteiger partial charge in [-0.1, -0.05) is 30.3 Å². The van der Waals surface area contributed by atoms with Crippen molar-refractivity contribution in [3.63, 3.8) is 0 Å². The average molecular weight is 293 g/mol. The van der Waals surface area contributed by atoms with Crippen LogP contribution in [0.1, 0.15) is 24.1 Å². The fraction of sp³-hybridized carbons (Fsp3) is 0.235. The van der Waals surface area contributed by atoms with Crippen molar-refractivity contribution >= 4 is 11.4 Å². The SMILES string of the molecule is CC1N=C(c2ccc([N+](=O)[O-])cc2)C2[C@H](c3ccccc3)N12. The molecule has 3 unspecified atom stereocenters. The Kier molecular flexibility index (Phi) is 2.84. The predicted octanol–water partition coefficient (Wildman–Crippen LogP) is 3.17. The number of nitrogens with zero attached hydrogens (tertiary/aromatic N) is 3. The lowest BCUT2D eigenvalue weighted by Gasteiger charge is -2.08. The lowest BCUT2D eigenvalue weighted by Crippen LogP contribution is -2.09. The standard InChI is InChI=1S/C17H15N3O2/c1-11-18-15(12-7-9-14(10-8-12)20(21)22)17-16(19(11)17)13-5-3-2-4-6-13/h2-11,16-17H,1H3/t11?,16-,17?,19?/m0/s1. The first-order valence-electron chi connectivity index (χ1n) is 7.32. The topological polar surface area (TPSA) is 58.5 Å². The van der Waals surface area contributed by atoms with Crippen molar-refractivity contribution in [1.29, 1.82) is 0 Å². The largest absolute Gasteiger partial charge is 0.269 e. The van der Waals surface area contributed by atoms with Gasteiger partial charge in [0.15, 0.2) is 0 Å². The summed E-state index contributed by atoms with van der Waals surface area (Å²) < 4.78 is 0. The van der Waals surface area contributed by atoms with Gasteiger partial charge in [0.25, 0.3) is 5.69 Å². The Hall–Kier alpha value is -2.53. The molecule has 2 heterocycles. The monoisotopic (exact) mass is 293 g/mol. The van der Waals surface area contributed by atoms with Crippen molar-refractivity contribution < 1.29 is 4.92 Å². The lowest BCUT2D eigenvalue weighted by molar-refractivity contribution is -0.384. The Labute approximate surface area is 128 Å². The molecule has 0 bridgehead atoms. The molecule has 4 rings (SSSR count). The number of benzene rings is 2. The molecule has 2 aromatic carbocycles. The molecule has 0 N–H and O–H groups in total. The molecule has 2 aliphatic rings. The third kappa shape index (κ3) is 1.94. The number of aliphatic imine (C=N–C) groups is 1. The van der Waals surface area contributed by atoms with Gasteiger partial charge < -0.3 is 0 Å². The van der Waals surface area contributed by atoms with Crippen molar-refractivity contribution in [2.75, 3.05) is 0 Å². The number of rotatable bonds is 3. The molecule has 1 fully saturated rings. The van der Waals surface area contributed by atoms with Crippen LogP contribution in [0, 0.1) is 10.1 Å². The zero-order chi connectivity index (χ0) is 15.3. The molecular formula is C17H15N3O2. The van der Waals surface area contributed by atoms with Gasteiger partial charge in [-0.15, -0.1) is 0 Å². The van der Waals surface area contributed by atoms with Crippen LogP contribution in [0.5, 0.6) is 0 Å². The molecule has 110 valence electrons. The van der Waals surface area contributed by atoms with E-state index in [1.54, 1.807) is 24.3 Å². The second-order valence-corrected chi connectivity index (χ2v) is 5.70. The van der Waals surface area contributed by atoms with Gasteiger partial charge in [-0.3, -0.25) is 20.0 Å². The summed E-state index contributed by atoms with van der Waals surface area (Å²) in [5, 5.41) is 10.8. The number of nitro groups is 1. The normalized spacial score (nSPS) is 28.9. The zero-order valence-electron chi connectivity index (χ0n) is 12.1. The first-order chi connectivity index (χ1) is 10.7. The maximum absolute atomic E-state index is 10.8. The third-order valence-corrected chi connectivity index (χ3v) is 4.40. The van der Waals surface area contributed by atoms with Gasteiger partial charge in [0.2, 0.25) is 0 Å². The quantitative estimate of drug-likeness (QED) is 0.496. The minimum absolute atomic E-state index is 0.114. The van der Waals surface area contributed by atoms with Crippen molar-refractivity contribution in [3.05, 3.63) is 75.8 Å². The van der Waals surface area contributed by atoms with E-state index in [4.69, 9.17) is 4.99 Å². The van der Waals surface area contributed by atoms with Crippen LogP contribution < -0.4 is 0 Å². The summed E-state index contributed by atoms with van der Waals surface area (Å²) in [6.45, 7) is 2.09. The molecule has 4 atom stereocenters. The molecular weight excluding hydrogens is 278 g/mol. The minimum Gasteiger partial charge on any atom is -0.269 e. The Balaban J connectivity index is 1.63. The van der Waals surface area contributed by atoms with E-state index in [-0.39, 0.29) is 16.8 Å². The first-order valence-corrected chi connectivity index (χ1v) is 7.32. The number of non-ortho nitro benzene ring substituents is 1. The molecule has 0 aliphatic carbocycles. The van der Waals surface area contributed by atoms with E-state index in [1.807, 2.05) is 6.07 Å². The Morgan fingerprint density at radius 1 is 1.05 bits per heavy atom. The van der Waals surface area contributed by atoms with Gasteiger partial charge in [-0.05, 0) is 30.2 Å². The zero-order valence-corrected chi connectivity index (χ0v) is 12.1. The first kappa shape index (κ1) is 13.2. The smallest absolute Gasteiger partial charge is 0.269 e. The average Bonchev–Trinajstić information content (AvgIpc) is 3.20. The van der Waals surface area contributed by atoms with Crippen molar-refractivity contribution in [2.45, 2.75) is 25.2 Å². The highest BCUT2D eigenvalue weighted by Crippen LogP contribution is 2.50. The Bertz CT molecular complexity index is 755. The van der Waals surface area contributed by atoms with E-state index in [0.29, 0.717) is 12.1 Å². The molecule has 0 amide bonds. The van der Waals surface area contributed by atoms with Gasteiger partial charge in [0.1, 0.15) is 6.17 Å². The maximum atomic E-state index is 10.8. The Morgan fingerprint density at radius 2 is 1.73 bits per heavy atom. The molecule has 5 heteroatoms. The lowest BCUT2D eigenvalue weighted by atomic mass is 10.0. The number of nitro benzene ring substituents is 1. The predicted molar refractivity (Wildman–Crippen MR) is 83.9 cm³/mol. The van der Waals surface area contributed by atoms with Gasteiger partial charge in [0, 0.05) is 12.1 Å². The molecule has 1 saturated heterocycles. The van der Waals surface area contributed by atoms with E-state index in [9.17, 15) is 10.1 Å². The fourth-order valence-corrected chi connectivity index (χ4v) is 3.35. The second-order valence-electron chi connectivity index (χ2n) is 5.70. The van der Waals surface area contributed by atoms with E-state index in [0.717, 1.165) is 11.3 Å². The molecule has 22 heavy (non-hydrogen) atoms. The summed E-state index contributed by atoms with van der Waals surface area (Å²) in [6.07, 6.45) is 0.153. The Morgan fingerprint density at radius 3 is 2.36 bits per heavy atom. The number of hydrogen-bond donors (Lipinski definition) is 0. The summed E-state index contributed by atoms with van der Waals surface area (Å²) in [5.41, 5.74) is 3.43. The van der Waals surface area contributed by atoms with Crippen LogP contribution in [-0.4, -0.2) is 27.7 Å². The molecule has 0 saturated carbocycles. The summed E-state index contributed by atoms with van der Waals surface area (Å²) in [4.78, 5) is 17.5. The van der Waals surface area contributed by atoms with Crippen molar-refractivity contribution in [1.82, 2.24) is 4.90 Å². The molecule has 0 radical (unpaired) electrons. The molecule has 5 nitrogen and oxygen atoms in total. The number of fused-ring (bicyclic) bond motifs is 1. The van der Waals surface area contributed by atoms with Gasteiger partial charge in [-0.25, -0.2) is 0 Å². The molecule has 0 spiro atoms. The van der Waals surface area contributed by atoms with Crippen molar-refractivity contribution in [2.24, 2.45) is 4.99 Å². The molecule has 2 aromatic rings. The fourth-order valence-electron chi connectivity index (χ4n) is 3.35. The minimum atomic E-state index is -0.376. The van der Waals surface area contributed by atoms with E-state index in [2.05, 4.69) is 36.1 Å². The summed E-state index contributed by atoms with van der Waals surface area (Å²) in [6, 6.07) is 17.8. The summed E-state index contributed by atoms with van der Waals surface area (Å²) in [7, 11) is 0. The van der Waals surface area contributed by atoms with Crippen LogP contribution in [-0.2, 0) is 0 Å². The van der Waals surface area contributed by atoms with E-state index < -0.39 is 0 Å². The van der Waals surface area contributed by atoms with Crippen LogP contribution in [0.25, 0.3) is 0 Å². The van der Waals surface area contributed by atoms with Gasteiger partial charge >= 0.3 is 0 Å². The number of hydrogen-bond acceptors (Lipinski definition) is 4. The van der Waals surface area contributed by atoms with E-state index in [1.165, 1.54) is 5.56 Å². The summed E-state index contributed by atoms with van der Waals surface area (Å²) >= 11 is 0. The van der Waals surface area contributed by atoms with E-state index >= 15 is 0 Å². The van der Waals surface area contributed by atoms with Crippen LogP contribution in [0.3, 0.4) is 0 Å². The highest BCUT2D eigenvalue weighted by molar-refractivity contribution is 6.08. The van der Waals surface area contributed by atoms with Gasteiger partial charge in [-0.2, -0.15) is 0 Å². The molecule has 0 aromatic heterocycles. The van der Waals surface area contributed by atoms with Crippen LogP contribution in [0.2, 0.25) is 0 Å². The highest BCUT2D eigenvalue weighted by Gasteiger charge is 2.57. The van der Waals surface area contributed by atoms with Crippen molar-refractivity contribution in [3.8, 4) is 0 Å². The van der Waals surface area contributed by atoms with Crippen LogP contribution in [0.4, 0.5) is 5.69 Å². The maximum Gasteiger partial charge on any atom is 0.269 e. The van der Waals surface area contributed by atoms with Crippen LogP contribution >= 0.6 is 0 Å². The second kappa shape index (κ2) is 4.74.